The van der Waals surface area contributed by atoms with Crippen molar-refractivity contribution >= 4 is 29.9 Å². The molecule has 0 bridgehead atoms. The minimum Gasteiger partial charge on any atom is -0.475 e. The van der Waals surface area contributed by atoms with Crippen LogP contribution in [0.5, 0.6) is 5.88 Å². The summed E-state index contributed by atoms with van der Waals surface area (Å²) in [5.41, 5.74) is 1.05. The summed E-state index contributed by atoms with van der Waals surface area (Å²) in [5, 5.41) is 6.80. The van der Waals surface area contributed by atoms with E-state index in [0.717, 1.165) is 36.9 Å². The number of hydrogen-bond donors (Lipinski definition) is 2. The van der Waals surface area contributed by atoms with Gasteiger partial charge in [-0.3, -0.25) is 9.89 Å². The van der Waals surface area contributed by atoms with Crippen LogP contribution < -0.4 is 15.4 Å². The maximum absolute atomic E-state index is 5.72. The third-order valence-corrected chi connectivity index (χ3v) is 5.18. The van der Waals surface area contributed by atoms with Crippen LogP contribution in [0.1, 0.15) is 36.6 Å². The van der Waals surface area contributed by atoms with E-state index in [2.05, 4.69) is 31.6 Å². The van der Waals surface area contributed by atoms with Gasteiger partial charge in [-0.25, -0.2) is 4.98 Å². The highest BCUT2D eigenvalue weighted by Gasteiger charge is 2.24. The number of aromatic nitrogens is 1. The fourth-order valence-electron chi connectivity index (χ4n) is 3.55. The number of nitrogens with zero attached hydrogens (tertiary/aromatic N) is 3. The SMILES string of the molecule is CN=C(NCc1ccc(OCCOC)nc1)NCC(c1ccco1)N1CCCCC1.I. The Bertz CT molecular complexity index is 749. The van der Waals surface area contributed by atoms with Crippen molar-refractivity contribution < 1.29 is 13.9 Å². The third-order valence-electron chi connectivity index (χ3n) is 5.18. The summed E-state index contributed by atoms with van der Waals surface area (Å²) in [6, 6.07) is 8.07. The molecule has 1 atom stereocenters. The van der Waals surface area contributed by atoms with Gasteiger partial charge in [0.25, 0.3) is 0 Å². The van der Waals surface area contributed by atoms with Crippen molar-refractivity contribution in [2.45, 2.75) is 31.8 Å². The largest absolute Gasteiger partial charge is 0.475 e. The fraction of sp³-hybridized carbons (Fsp3) is 0.545. The highest BCUT2D eigenvalue weighted by molar-refractivity contribution is 14.0. The number of hydrogen-bond acceptors (Lipinski definition) is 6. The second-order valence-electron chi connectivity index (χ2n) is 7.28. The molecule has 2 N–H and O–H groups in total. The average Bonchev–Trinajstić information content (AvgIpc) is 3.32. The van der Waals surface area contributed by atoms with Gasteiger partial charge in [-0.05, 0) is 43.6 Å². The monoisotopic (exact) mass is 543 g/mol. The molecule has 0 aliphatic carbocycles. The fourth-order valence-corrected chi connectivity index (χ4v) is 3.55. The summed E-state index contributed by atoms with van der Waals surface area (Å²) in [5.74, 6) is 2.35. The average molecular weight is 543 g/mol. The van der Waals surface area contributed by atoms with Gasteiger partial charge in [-0.2, -0.15) is 0 Å². The zero-order chi connectivity index (χ0) is 21.0. The van der Waals surface area contributed by atoms with Crippen LogP contribution in [0.2, 0.25) is 0 Å². The second-order valence-corrected chi connectivity index (χ2v) is 7.28. The number of piperidine rings is 1. The normalized spacial score (nSPS) is 15.7. The highest BCUT2D eigenvalue weighted by atomic mass is 127. The first-order valence-electron chi connectivity index (χ1n) is 10.6. The summed E-state index contributed by atoms with van der Waals surface area (Å²) in [7, 11) is 3.43. The molecule has 0 aromatic carbocycles. The third kappa shape index (κ3) is 8.30. The number of halogens is 1. The molecule has 9 heteroatoms. The van der Waals surface area contributed by atoms with Gasteiger partial charge >= 0.3 is 0 Å². The van der Waals surface area contributed by atoms with Crippen LogP contribution in [-0.2, 0) is 11.3 Å². The van der Waals surface area contributed by atoms with Gasteiger partial charge in [0.1, 0.15) is 12.4 Å². The number of methoxy groups -OCH3 is 1. The number of pyridine rings is 1. The molecular formula is C22H34IN5O3. The minimum absolute atomic E-state index is 0. The standard InChI is InChI=1S/C22H33N5O3.HI/c1-23-22(25-16-18-8-9-21(24-15-18)30-14-13-28-2)26-17-19(20-7-6-12-29-20)27-10-4-3-5-11-27;/h6-9,12,15,19H,3-5,10-11,13-14,16-17H2,1-2H3,(H2,23,25,26);1H. The molecule has 172 valence electrons. The van der Waals surface area contributed by atoms with Crippen LogP contribution in [0.25, 0.3) is 0 Å². The molecule has 0 radical (unpaired) electrons. The van der Waals surface area contributed by atoms with Crippen molar-refractivity contribution in [2.24, 2.45) is 4.99 Å². The minimum atomic E-state index is 0. The Morgan fingerprint density at radius 1 is 1.19 bits per heavy atom. The van der Waals surface area contributed by atoms with Gasteiger partial charge in [0.2, 0.25) is 5.88 Å². The highest BCUT2D eigenvalue weighted by Crippen LogP contribution is 2.24. The number of nitrogens with one attached hydrogen (secondary N) is 2. The van der Waals surface area contributed by atoms with Gasteiger partial charge < -0.3 is 24.5 Å². The van der Waals surface area contributed by atoms with E-state index < -0.39 is 0 Å². The molecule has 1 unspecified atom stereocenters. The van der Waals surface area contributed by atoms with E-state index in [1.807, 2.05) is 24.4 Å². The summed E-state index contributed by atoms with van der Waals surface area (Å²) in [6.45, 7) is 4.60. The van der Waals surface area contributed by atoms with E-state index in [4.69, 9.17) is 13.9 Å². The predicted octanol–water partition coefficient (Wildman–Crippen LogP) is 3.21. The lowest BCUT2D eigenvalue weighted by Crippen LogP contribution is -2.44. The Balaban J connectivity index is 0.00000341. The molecule has 1 aliphatic rings. The van der Waals surface area contributed by atoms with E-state index in [9.17, 15) is 0 Å². The number of aliphatic imine (C=N–C) groups is 1. The van der Waals surface area contributed by atoms with E-state index in [-0.39, 0.29) is 30.0 Å². The topological polar surface area (TPSA) is 84.2 Å². The Kier molecular flexibility index (Phi) is 11.7. The number of likely N-dealkylation sites (tertiary alicyclic amines) is 1. The van der Waals surface area contributed by atoms with E-state index in [1.165, 1.54) is 19.3 Å². The zero-order valence-corrected chi connectivity index (χ0v) is 20.7. The first-order chi connectivity index (χ1) is 14.8. The van der Waals surface area contributed by atoms with E-state index >= 15 is 0 Å². The van der Waals surface area contributed by atoms with Crippen LogP contribution >= 0.6 is 24.0 Å². The molecule has 31 heavy (non-hydrogen) atoms. The van der Waals surface area contributed by atoms with Crippen LogP contribution in [-0.4, -0.2) is 62.8 Å². The van der Waals surface area contributed by atoms with E-state index in [0.29, 0.717) is 25.6 Å². The maximum Gasteiger partial charge on any atom is 0.213 e. The molecule has 2 aromatic heterocycles. The van der Waals surface area contributed by atoms with Crippen molar-refractivity contribution in [3.05, 3.63) is 48.0 Å². The molecule has 0 spiro atoms. The van der Waals surface area contributed by atoms with Crippen molar-refractivity contribution in [3.63, 3.8) is 0 Å². The number of guanidine groups is 1. The summed E-state index contributed by atoms with van der Waals surface area (Å²) in [6.07, 6.45) is 7.34. The van der Waals surface area contributed by atoms with Crippen LogP contribution in [0, 0.1) is 0 Å². The van der Waals surface area contributed by atoms with Crippen molar-refractivity contribution in [1.82, 2.24) is 20.5 Å². The van der Waals surface area contributed by atoms with E-state index in [1.54, 1.807) is 20.4 Å². The van der Waals surface area contributed by atoms with Gasteiger partial charge in [0, 0.05) is 39.5 Å². The molecule has 3 rings (SSSR count). The Hall–Kier alpha value is -1.85. The van der Waals surface area contributed by atoms with Gasteiger partial charge in [-0.1, -0.05) is 12.5 Å². The number of ether oxygens (including phenoxy) is 2. The van der Waals surface area contributed by atoms with Crippen molar-refractivity contribution in [2.75, 3.05) is 47.0 Å². The van der Waals surface area contributed by atoms with Crippen molar-refractivity contribution in [1.29, 1.82) is 0 Å². The molecule has 3 heterocycles. The molecule has 1 saturated heterocycles. The molecule has 1 aliphatic heterocycles. The lowest BCUT2D eigenvalue weighted by atomic mass is 10.1. The predicted molar refractivity (Wildman–Crippen MR) is 132 cm³/mol. The Morgan fingerprint density at radius 2 is 2.03 bits per heavy atom. The molecule has 0 amide bonds. The van der Waals surface area contributed by atoms with Gasteiger partial charge in [0.05, 0.1) is 18.9 Å². The maximum atomic E-state index is 5.72. The second kappa shape index (κ2) is 14.3. The Morgan fingerprint density at radius 3 is 2.68 bits per heavy atom. The number of furan rings is 1. The molecular weight excluding hydrogens is 509 g/mol. The van der Waals surface area contributed by atoms with Crippen LogP contribution in [0.4, 0.5) is 0 Å². The first-order valence-corrected chi connectivity index (χ1v) is 10.6. The molecule has 1 fully saturated rings. The summed E-state index contributed by atoms with van der Waals surface area (Å²) < 4.78 is 16.2. The lowest BCUT2D eigenvalue weighted by molar-refractivity contribution is 0.143. The van der Waals surface area contributed by atoms with Crippen LogP contribution in [0.3, 0.4) is 0 Å². The summed E-state index contributed by atoms with van der Waals surface area (Å²) >= 11 is 0. The Labute approximate surface area is 201 Å². The van der Waals surface area contributed by atoms with Crippen molar-refractivity contribution in [3.8, 4) is 5.88 Å². The van der Waals surface area contributed by atoms with Gasteiger partial charge in [0.15, 0.2) is 5.96 Å². The smallest absolute Gasteiger partial charge is 0.213 e. The van der Waals surface area contributed by atoms with Crippen LogP contribution in [0.15, 0.2) is 46.1 Å². The zero-order valence-electron chi connectivity index (χ0n) is 18.4. The van der Waals surface area contributed by atoms with Gasteiger partial charge in [-0.15, -0.1) is 24.0 Å². The molecule has 0 saturated carbocycles. The molecule has 8 nitrogen and oxygen atoms in total. The summed E-state index contributed by atoms with van der Waals surface area (Å²) in [4.78, 5) is 11.2. The quantitative estimate of drug-likeness (QED) is 0.206. The molecule has 2 aromatic rings. The first kappa shape index (κ1) is 25.4. The lowest BCUT2D eigenvalue weighted by Gasteiger charge is -2.33. The number of rotatable bonds is 10.